The summed E-state index contributed by atoms with van der Waals surface area (Å²) in [5.41, 5.74) is -0.0622. The zero-order chi connectivity index (χ0) is 28.6. The molecule has 0 unspecified atom stereocenters. The van der Waals surface area contributed by atoms with Gasteiger partial charge >= 0.3 is 0 Å². The Bertz CT molecular complexity index is 1490. The second-order valence-corrected chi connectivity index (χ2v) is 8.25. The Balaban J connectivity index is 1.38. The molecule has 0 saturated carbocycles. The standard InChI is InChI=1S/C27H20F4N4O5/c28-20-2-1-3-21(29)19(20)11-33-25(36)13-35(27(38)24-12-32-15-39-24)14-26(37)34-16-4-6-17(7-5-16)40-18-8-9-22(30)23(31)10-18/h1-10,12,15H,11,13-14H2,(H,33,36)(H,34,37). The van der Waals surface area contributed by atoms with Crippen LogP contribution in [0.3, 0.4) is 0 Å². The summed E-state index contributed by atoms with van der Waals surface area (Å²) >= 11 is 0. The smallest absolute Gasteiger partial charge is 0.292 e. The minimum atomic E-state index is -1.07. The predicted octanol–water partition coefficient (Wildman–Crippen LogP) is 4.42. The number of rotatable bonds is 10. The molecular weight excluding hydrogens is 536 g/mol. The molecular formula is C27H20F4N4O5. The first kappa shape index (κ1) is 27.8. The highest BCUT2D eigenvalue weighted by atomic mass is 19.2. The number of anilines is 1. The first-order valence-corrected chi connectivity index (χ1v) is 11.6. The van der Waals surface area contributed by atoms with Crippen LogP contribution in [-0.4, -0.2) is 40.7 Å². The topological polar surface area (TPSA) is 114 Å². The van der Waals surface area contributed by atoms with Crippen molar-refractivity contribution in [3.05, 3.63) is 108 Å². The average Bonchev–Trinajstić information content (AvgIpc) is 3.46. The van der Waals surface area contributed by atoms with Gasteiger partial charge in [0.05, 0.1) is 6.20 Å². The molecule has 0 atom stereocenters. The van der Waals surface area contributed by atoms with Gasteiger partial charge in [-0.3, -0.25) is 14.4 Å². The summed E-state index contributed by atoms with van der Waals surface area (Å²) in [6.07, 6.45) is 2.10. The Hall–Kier alpha value is -5.20. The number of nitrogens with zero attached hydrogens (tertiary/aromatic N) is 2. The molecule has 2 N–H and O–H groups in total. The number of hydrogen-bond donors (Lipinski definition) is 2. The van der Waals surface area contributed by atoms with Gasteiger partial charge in [-0.05, 0) is 48.5 Å². The fourth-order valence-corrected chi connectivity index (χ4v) is 3.45. The molecule has 4 rings (SSSR count). The molecule has 0 bridgehead atoms. The second-order valence-electron chi connectivity index (χ2n) is 8.25. The van der Waals surface area contributed by atoms with Crippen LogP contribution < -0.4 is 15.4 Å². The third kappa shape index (κ3) is 7.22. The number of carbonyl (C=O) groups excluding carboxylic acids is 3. The Morgan fingerprint density at radius 3 is 2.15 bits per heavy atom. The van der Waals surface area contributed by atoms with Crippen LogP contribution in [0.5, 0.6) is 11.5 Å². The number of oxazole rings is 1. The van der Waals surface area contributed by atoms with Crippen molar-refractivity contribution in [3.8, 4) is 11.5 Å². The number of halogens is 4. The normalized spacial score (nSPS) is 10.6. The summed E-state index contributed by atoms with van der Waals surface area (Å²) < 4.78 is 64.6. The molecule has 0 aliphatic heterocycles. The van der Waals surface area contributed by atoms with E-state index < -0.39 is 60.6 Å². The van der Waals surface area contributed by atoms with E-state index in [0.717, 1.165) is 41.8 Å². The minimum Gasteiger partial charge on any atom is -0.457 e. The number of benzene rings is 3. The molecule has 3 amide bonds. The van der Waals surface area contributed by atoms with E-state index in [1.54, 1.807) is 0 Å². The van der Waals surface area contributed by atoms with E-state index in [0.29, 0.717) is 5.69 Å². The number of hydrogen-bond acceptors (Lipinski definition) is 6. The lowest BCUT2D eigenvalue weighted by Crippen LogP contribution is -2.44. The summed E-state index contributed by atoms with van der Waals surface area (Å²) in [5, 5.41) is 4.87. The van der Waals surface area contributed by atoms with Crippen LogP contribution in [-0.2, 0) is 16.1 Å². The van der Waals surface area contributed by atoms with Gasteiger partial charge in [-0.1, -0.05) is 6.07 Å². The quantitative estimate of drug-likeness (QED) is 0.280. The molecule has 0 aliphatic rings. The molecule has 1 heterocycles. The van der Waals surface area contributed by atoms with Gasteiger partial charge in [0.15, 0.2) is 18.0 Å². The molecule has 0 fully saturated rings. The average molecular weight is 556 g/mol. The highest BCUT2D eigenvalue weighted by Gasteiger charge is 2.24. The molecule has 4 aromatic rings. The molecule has 9 nitrogen and oxygen atoms in total. The zero-order valence-corrected chi connectivity index (χ0v) is 20.5. The fraction of sp³-hybridized carbons (Fsp3) is 0.111. The summed E-state index contributed by atoms with van der Waals surface area (Å²) in [4.78, 5) is 42.5. The van der Waals surface area contributed by atoms with Gasteiger partial charge in [0.1, 0.15) is 36.2 Å². The maximum atomic E-state index is 13.9. The van der Waals surface area contributed by atoms with E-state index in [1.165, 1.54) is 36.4 Å². The fourth-order valence-electron chi connectivity index (χ4n) is 3.45. The van der Waals surface area contributed by atoms with Crippen molar-refractivity contribution in [2.45, 2.75) is 6.54 Å². The first-order valence-electron chi connectivity index (χ1n) is 11.6. The van der Waals surface area contributed by atoms with E-state index >= 15 is 0 Å². The van der Waals surface area contributed by atoms with Crippen molar-refractivity contribution in [2.75, 3.05) is 18.4 Å². The number of aromatic nitrogens is 1. The molecule has 1 aromatic heterocycles. The van der Waals surface area contributed by atoms with Crippen molar-refractivity contribution in [1.29, 1.82) is 0 Å². The van der Waals surface area contributed by atoms with Crippen LogP contribution in [0, 0.1) is 23.3 Å². The van der Waals surface area contributed by atoms with E-state index in [1.807, 2.05) is 0 Å². The van der Waals surface area contributed by atoms with Crippen molar-refractivity contribution in [1.82, 2.24) is 15.2 Å². The molecule has 0 spiro atoms. The Kier molecular flexibility index (Phi) is 8.74. The van der Waals surface area contributed by atoms with Crippen molar-refractivity contribution < 1.29 is 41.1 Å². The van der Waals surface area contributed by atoms with Gasteiger partial charge in [-0.15, -0.1) is 0 Å². The number of carbonyl (C=O) groups is 3. The maximum Gasteiger partial charge on any atom is 0.292 e. The van der Waals surface area contributed by atoms with Crippen molar-refractivity contribution in [2.24, 2.45) is 0 Å². The summed E-state index contributed by atoms with van der Waals surface area (Å²) in [6.45, 7) is -1.70. The Morgan fingerprint density at radius 1 is 0.825 bits per heavy atom. The zero-order valence-electron chi connectivity index (χ0n) is 20.5. The number of nitrogens with one attached hydrogen (secondary N) is 2. The molecule has 0 saturated heterocycles. The van der Waals surface area contributed by atoms with Crippen LogP contribution in [0.2, 0.25) is 0 Å². The second kappa shape index (κ2) is 12.6. The molecule has 3 aromatic carbocycles. The summed E-state index contributed by atoms with van der Waals surface area (Å²) in [5.74, 6) is -5.99. The van der Waals surface area contributed by atoms with Crippen LogP contribution in [0.15, 0.2) is 77.7 Å². The largest absolute Gasteiger partial charge is 0.457 e. The van der Waals surface area contributed by atoms with E-state index in [2.05, 4.69) is 15.6 Å². The predicted molar refractivity (Wildman–Crippen MR) is 132 cm³/mol. The maximum absolute atomic E-state index is 13.9. The highest BCUT2D eigenvalue weighted by molar-refractivity contribution is 5.99. The summed E-state index contributed by atoms with van der Waals surface area (Å²) in [7, 11) is 0. The minimum absolute atomic E-state index is 0.0632. The third-order valence-electron chi connectivity index (χ3n) is 5.39. The lowest BCUT2D eigenvalue weighted by Gasteiger charge is -2.21. The van der Waals surface area contributed by atoms with Gasteiger partial charge in [-0.2, -0.15) is 0 Å². The van der Waals surface area contributed by atoms with Gasteiger partial charge in [0, 0.05) is 23.9 Å². The lowest BCUT2D eigenvalue weighted by molar-refractivity contribution is -0.122. The highest BCUT2D eigenvalue weighted by Crippen LogP contribution is 2.24. The molecule has 0 radical (unpaired) electrons. The molecule has 40 heavy (non-hydrogen) atoms. The SMILES string of the molecule is O=C(CN(CC(=O)Nc1ccc(Oc2ccc(F)c(F)c2)cc1)C(=O)c1cnco1)NCc1c(F)cccc1F. The summed E-state index contributed by atoms with van der Waals surface area (Å²) in [6, 6.07) is 12.2. The van der Waals surface area contributed by atoms with E-state index in [9.17, 15) is 31.9 Å². The van der Waals surface area contributed by atoms with Gasteiger partial charge in [-0.25, -0.2) is 22.5 Å². The first-order chi connectivity index (χ1) is 19.2. The monoisotopic (exact) mass is 556 g/mol. The van der Waals surface area contributed by atoms with Crippen molar-refractivity contribution in [3.63, 3.8) is 0 Å². The lowest BCUT2D eigenvalue weighted by atomic mass is 10.2. The Morgan fingerprint density at radius 2 is 1.50 bits per heavy atom. The van der Waals surface area contributed by atoms with Crippen LogP contribution >= 0.6 is 0 Å². The molecule has 13 heteroatoms. The van der Waals surface area contributed by atoms with Crippen LogP contribution in [0.25, 0.3) is 0 Å². The van der Waals surface area contributed by atoms with Gasteiger partial charge in [0.2, 0.25) is 17.6 Å². The number of amides is 3. The van der Waals surface area contributed by atoms with Gasteiger partial charge < -0.3 is 24.7 Å². The third-order valence-corrected chi connectivity index (χ3v) is 5.39. The van der Waals surface area contributed by atoms with Gasteiger partial charge in [0.25, 0.3) is 5.91 Å². The van der Waals surface area contributed by atoms with E-state index in [-0.39, 0.29) is 22.8 Å². The van der Waals surface area contributed by atoms with E-state index in [4.69, 9.17) is 9.15 Å². The Labute approximate surface area is 224 Å². The van der Waals surface area contributed by atoms with Crippen LogP contribution in [0.4, 0.5) is 23.2 Å². The van der Waals surface area contributed by atoms with Crippen LogP contribution in [0.1, 0.15) is 16.1 Å². The molecule has 206 valence electrons. The molecule has 0 aliphatic carbocycles. The van der Waals surface area contributed by atoms with Crippen molar-refractivity contribution >= 4 is 23.4 Å². The number of ether oxygens (including phenoxy) is 1.